The molecule has 0 saturated heterocycles. The first-order valence-electron chi connectivity index (χ1n) is 6.12. The first-order valence-corrected chi connectivity index (χ1v) is 6.12. The van der Waals surface area contributed by atoms with E-state index in [9.17, 15) is 4.79 Å². The predicted molar refractivity (Wildman–Crippen MR) is 71.5 cm³/mol. The van der Waals surface area contributed by atoms with Crippen molar-refractivity contribution in [3.05, 3.63) is 60.4 Å². The Labute approximate surface area is 124 Å². The minimum absolute atomic E-state index is 0. The van der Waals surface area contributed by atoms with Crippen molar-refractivity contribution in [2.24, 2.45) is 0 Å². The van der Waals surface area contributed by atoms with Crippen LogP contribution in [-0.4, -0.2) is 13.0 Å². The van der Waals surface area contributed by atoms with E-state index >= 15 is 0 Å². The number of rotatable bonds is 5. The smallest absolute Gasteiger partial charge is 0.286 e. The molecule has 2 aromatic rings. The maximum absolute atomic E-state index is 11.8. The normalized spacial score (nSPS) is 9.45. The zero-order chi connectivity index (χ0) is 13.5. The molecule has 20 heavy (non-hydrogen) atoms. The fraction of sp³-hybridized carbons (Fsp3) is 0.200. The Morgan fingerprint density at radius 1 is 1.15 bits per heavy atom. The van der Waals surface area contributed by atoms with Gasteiger partial charge in [0.1, 0.15) is 5.75 Å². The molecule has 1 N–H and O–H groups in total. The summed E-state index contributed by atoms with van der Waals surface area (Å²) in [6.07, 6.45) is 3.73. The molecule has 0 aliphatic carbocycles. The number of halogens is 1. The number of amides is 1. The number of hydrogen-bond donors (Lipinski definition) is 1. The molecule has 4 nitrogen and oxygen atoms in total. The van der Waals surface area contributed by atoms with E-state index in [1.807, 2.05) is 59.4 Å². The van der Waals surface area contributed by atoms with Crippen LogP contribution in [0.3, 0.4) is 0 Å². The van der Waals surface area contributed by atoms with E-state index in [1.54, 1.807) is 7.11 Å². The average Bonchev–Trinajstić information content (AvgIpc) is 2.46. The molecule has 1 heterocycles. The van der Waals surface area contributed by atoms with Crippen molar-refractivity contribution in [1.29, 1.82) is 0 Å². The summed E-state index contributed by atoms with van der Waals surface area (Å²) in [4.78, 5) is 11.8. The molecule has 2 rings (SSSR count). The lowest BCUT2D eigenvalue weighted by atomic mass is 10.2. The van der Waals surface area contributed by atoms with Gasteiger partial charge in [0, 0.05) is 24.2 Å². The Morgan fingerprint density at radius 2 is 1.85 bits per heavy atom. The van der Waals surface area contributed by atoms with Crippen LogP contribution in [0, 0.1) is 0 Å². The van der Waals surface area contributed by atoms with Crippen molar-refractivity contribution in [3.8, 4) is 5.75 Å². The van der Waals surface area contributed by atoms with Gasteiger partial charge in [-0.05, 0) is 6.07 Å². The number of nitrogens with one attached hydrogen (secondary N) is 1. The highest BCUT2D eigenvalue weighted by molar-refractivity contribution is 5.74. The summed E-state index contributed by atoms with van der Waals surface area (Å²) < 4.78 is 7.07. The van der Waals surface area contributed by atoms with E-state index in [4.69, 9.17) is 4.74 Å². The largest absolute Gasteiger partial charge is 1.00 e. The van der Waals surface area contributed by atoms with E-state index in [0.717, 1.165) is 11.3 Å². The first kappa shape index (κ1) is 16.0. The third-order valence-corrected chi connectivity index (χ3v) is 2.77. The third-order valence-electron chi connectivity index (χ3n) is 2.77. The number of hydrogen-bond acceptors (Lipinski definition) is 2. The molecule has 0 saturated carbocycles. The molecule has 1 aromatic heterocycles. The van der Waals surface area contributed by atoms with Gasteiger partial charge < -0.3 is 22.5 Å². The van der Waals surface area contributed by atoms with Gasteiger partial charge in [-0.3, -0.25) is 4.79 Å². The van der Waals surface area contributed by atoms with Crippen molar-refractivity contribution < 1.29 is 26.5 Å². The van der Waals surface area contributed by atoms with Gasteiger partial charge in [-0.1, -0.05) is 24.3 Å². The number of carbonyl (C=O) groups excluding carboxylic acids is 1. The Kier molecular flexibility index (Phi) is 6.53. The van der Waals surface area contributed by atoms with Gasteiger partial charge in [-0.15, -0.1) is 0 Å². The molecule has 0 fully saturated rings. The summed E-state index contributed by atoms with van der Waals surface area (Å²) in [6, 6.07) is 13.4. The summed E-state index contributed by atoms with van der Waals surface area (Å²) in [5, 5.41) is 2.88. The lowest BCUT2D eigenvalue weighted by molar-refractivity contribution is -0.684. The average molecular weight is 293 g/mol. The van der Waals surface area contributed by atoms with Crippen LogP contribution in [0.5, 0.6) is 5.75 Å². The summed E-state index contributed by atoms with van der Waals surface area (Å²) >= 11 is 0. The van der Waals surface area contributed by atoms with Gasteiger partial charge in [0.15, 0.2) is 12.4 Å². The van der Waals surface area contributed by atoms with Crippen LogP contribution in [0.1, 0.15) is 5.56 Å². The SMILES string of the molecule is COc1ccccc1CNC(=O)C[n+]1ccccc1.[Cl-]. The monoisotopic (exact) mass is 292 g/mol. The van der Waals surface area contributed by atoms with E-state index in [1.165, 1.54) is 0 Å². The first-order chi connectivity index (χ1) is 9.29. The van der Waals surface area contributed by atoms with E-state index in [0.29, 0.717) is 13.1 Å². The maximum Gasteiger partial charge on any atom is 0.286 e. The highest BCUT2D eigenvalue weighted by Crippen LogP contribution is 2.16. The number of pyridine rings is 1. The molecule has 106 valence electrons. The van der Waals surface area contributed by atoms with Crippen LogP contribution >= 0.6 is 0 Å². The van der Waals surface area contributed by atoms with Crippen LogP contribution in [0.25, 0.3) is 0 Å². The highest BCUT2D eigenvalue weighted by Gasteiger charge is 2.09. The molecule has 0 unspecified atom stereocenters. The summed E-state index contributed by atoms with van der Waals surface area (Å²) in [5.41, 5.74) is 0.969. The predicted octanol–water partition coefficient (Wildman–Crippen LogP) is -1.70. The summed E-state index contributed by atoms with van der Waals surface area (Å²) in [6.45, 7) is 0.784. The lowest BCUT2D eigenvalue weighted by Crippen LogP contribution is -3.00. The van der Waals surface area contributed by atoms with Crippen LogP contribution in [-0.2, 0) is 17.9 Å². The number of carbonyl (C=O) groups is 1. The van der Waals surface area contributed by atoms with Crippen LogP contribution in [0.2, 0.25) is 0 Å². The second kappa shape index (κ2) is 8.17. The number of aromatic nitrogens is 1. The number of ether oxygens (including phenoxy) is 1. The second-order valence-electron chi connectivity index (χ2n) is 4.14. The number of para-hydroxylation sites is 1. The molecular weight excluding hydrogens is 276 g/mol. The van der Waals surface area contributed by atoms with E-state index in [-0.39, 0.29) is 18.3 Å². The third kappa shape index (κ3) is 4.55. The minimum Gasteiger partial charge on any atom is -1.00 e. The van der Waals surface area contributed by atoms with Crippen molar-refractivity contribution in [2.45, 2.75) is 13.1 Å². The lowest BCUT2D eigenvalue weighted by Gasteiger charge is -2.08. The fourth-order valence-corrected chi connectivity index (χ4v) is 1.80. The zero-order valence-electron chi connectivity index (χ0n) is 11.3. The van der Waals surface area contributed by atoms with Gasteiger partial charge in [0.05, 0.1) is 7.11 Å². The highest BCUT2D eigenvalue weighted by atomic mass is 35.5. The minimum atomic E-state index is -0.0258. The van der Waals surface area contributed by atoms with Crippen molar-refractivity contribution >= 4 is 5.91 Å². The van der Waals surface area contributed by atoms with E-state index in [2.05, 4.69) is 5.32 Å². The van der Waals surface area contributed by atoms with Gasteiger partial charge in [-0.2, -0.15) is 4.57 Å². The molecule has 0 aliphatic rings. The van der Waals surface area contributed by atoms with Crippen molar-refractivity contribution in [1.82, 2.24) is 5.32 Å². The van der Waals surface area contributed by atoms with Crippen molar-refractivity contribution in [3.63, 3.8) is 0 Å². The molecule has 0 aliphatic heterocycles. The second-order valence-corrected chi connectivity index (χ2v) is 4.14. The molecule has 0 spiro atoms. The fourth-order valence-electron chi connectivity index (χ4n) is 1.80. The zero-order valence-corrected chi connectivity index (χ0v) is 12.0. The molecule has 1 amide bonds. The Hall–Kier alpha value is -2.07. The summed E-state index contributed by atoms with van der Waals surface area (Å²) in [5.74, 6) is 0.761. The Bertz CT molecular complexity index is 547. The van der Waals surface area contributed by atoms with Gasteiger partial charge in [0.25, 0.3) is 5.91 Å². The van der Waals surface area contributed by atoms with Crippen LogP contribution in [0.4, 0.5) is 0 Å². The quantitative estimate of drug-likeness (QED) is 0.668. The van der Waals surface area contributed by atoms with Gasteiger partial charge >= 0.3 is 0 Å². The Morgan fingerprint density at radius 3 is 2.55 bits per heavy atom. The molecule has 0 bridgehead atoms. The number of benzene rings is 1. The van der Waals surface area contributed by atoms with Gasteiger partial charge in [0.2, 0.25) is 6.54 Å². The molecule has 1 aromatic carbocycles. The van der Waals surface area contributed by atoms with Crippen molar-refractivity contribution in [2.75, 3.05) is 7.11 Å². The molecule has 5 heteroatoms. The van der Waals surface area contributed by atoms with E-state index < -0.39 is 0 Å². The molecular formula is C15H17ClN2O2. The van der Waals surface area contributed by atoms with Crippen LogP contribution in [0.15, 0.2) is 54.9 Å². The topological polar surface area (TPSA) is 42.2 Å². The van der Waals surface area contributed by atoms with Gasteiger partial charge in [-0.25, -0.2) is 0 Å². The standard InChI is InChI=1S/C15H16N2O2.ClH/c1-19-14-8-4-3-7-13(14)11-16-15(18)12-17-9-5-2-6-10-17;/h2-10H,11-12H2,1H3;1H. The molecule has 0 atom stereocenters. The maximum atomic E-state index is 11.8. The number of methoxy groups -OCH3 is 1. The van der Waals surface area contributed by atoms with Crippen LogP contribution < -0.4 is 27.0 Å². The molecule has 0 radical (unpaired) electrons. The summed E-state index contributed by atoms with van der Waals surface area (Å²) in [7, 11) is 1.63. The Balaban J connectivity index is 0.00000200. The number of nitrogens with zero attached hydrogens (tertiary/aromatic N) is 1.